The van der Waals surface area contributed by atoms with E-state index in [-0.39, 0.29) is 12.0 Å². The lowest BCUT2D eigenvalue weighted by Crippen LogP contribution is -2.07. The van der Waals surface area contributed by atoms with Gasteiger partial charge in [0.15, 0.2) is 0 Å². The molecule has 1 aliphatic rings. The van der Waals surface area contributed by atoms with Crippen LogP contribution in [0, 0.1) is 17.1 Å². The van der Waals surface area contributed by atoms with Crippen molar-refractivity contribution in [1.29, 1.82) is 5.26 Å². The molecular formula is C11H8FNO2. The SMILES string of the molecule is N#CC1CC(C(=O)O)c2cccc(F)c21. The second-order valence-electron chi connectivity index (χ2n) is 3.55. The quantitative estimate of drug-likeness (QED) is 0.762. The van der Waals surface area contributed by atoms with Gasteiger partial charge in [-0.3, -0.25) is 4.79 Å². The number of benzene rings is 1. The first kappa shape index (κ1) is 9.66. The smallest absolute Gasteiger partial charge is 0.311 e. The maximum Gasteiger partial charge on any atom is 0.311 e. The molecule has 0 aliphatic heterocycles. The van der Waals surface area contributed by atoms with Crippen LogP contribution in [0.25, 0.3) is 0 Å². The van der Waals surface area contributed by atoms with Gasteiger partial charge in [0, 0.05) is 5.56 Å². The topological polar surface area (TPSA) is 61.1 Å². The number of hydrogen-bond donors (Lipinski definition) is 1. The number of carbonyl (C=O) groups is 1. The Bertz CT molecular complexity index is 464. The van der Waals surface area contributed by atoms with Crippen LogP contribution in [0.5, 0.6) is 0 Å². The Kier molecular flexibility index (Phi) is 2.16. The average Bonchev–Trinajstić information content (AvgIpc) is 2.58. The molecule has 2 atom stereocenters. The van der Waals surface area contributed by atoms with Crippen LogP contribution in [-0.4, -0.2) is 11.1 Å². The molecule has 4 heteroatoms. The van der Waals surface area contributed by atoms with E-state index in [1.165, 1.54) is 12.1 Å². The number of halogens is 1. The Balaban J connectivity index is 2.58. The first-order valence-electron chi connectivity index (χ1n) is 4.56. The molecule has 0 heterocycles. The van der Waals surface area contributed by atoms with E-state index in [9.17, 15) is 9.18 Å². The molecule has 0 fully saturated rings. The summed E-state index contributed by atoms with van der Waals surface area (Å²) < 4.78 is 13.4. The van der Waals surface area contributed by atoms with E-state index in [2.05, 4.69) is 0 Å². The molecule has 1 aromatic rings. The highest BCUT2D eigenvalue weighted by atomic mass is 19.1. The zero-order valence-electron chi connectivity index (χ0n) is 7.77. The number of carboxylic acids is 1. The van der Waals surface area contributed by atoms with Crippen LogP contribution in [0.2, 0.25) is 0 Å². The molecule has 76 valence electrons. The molecule has 0 aromatic heterocycles. The molecule has 2 unspecified atom stereocenters. The molecule has 0 saturated heterocycles. The summed E-state index contributed by atoms with van der Waals surface area (Å²) in [6.45, 7) is 0. The Hall–Kier alpha value is -1.89. The minimum atomic E-state index is -1.00. The second-order valence-corrected chi connectivity index (χ2v) is 3.55. The maximum absolute atomic E-state index is 13.4. The van der Waals surface area contributed by atoms with E-state index in [0.29, 0.717) is 5.56 Å². The zero-order chi connectivity index (χ0) is 11.0. The third-order valence-electron chi connectivity index (χ3n) is 2.74. The van der Waals surface area contributed by atoms with Crippen molar-refractivity contribution >= 4 is 5.97 Å². The third-order valence-corrected chi connectivity index (χ3v) is 2.74. The van der Waals surface area contributed by atoms with Crippen LogP contribution in [-0.2, 0) is 4.79 Å². The summed E-state index contributed by atoms with van der Waals surface area (Å²) in [5.41, 5.74) is 0.696. The fraction of sp³-hybridized carbons (Fsp3) is 0.273. The van der Waals surface area contributed by atoms with Gasteiger partial charge >= 0.3 is 5.97 Å². The molecule has 0 spiro atoms. The van der Waals surface area contributed by atoms with E-state index in [0.717, 1.165) is 0 Å². The molecule has 0 amide bonds. The van der Waals surface area contributed by atoms with E-state index < -0.39 is 23.6 Å². The second kappa shape index (κ2) is 3.35. The lowest BCUT2D eigenvalue weighted by molar-refractivity contribution is -0.138. The summed E-state index contributed by atoms with van der Waals surface area (Å²) in [7, 11) is 0. The van der Waals surface area contributed by atoms with Gasteiger partial charge in [0.1, 0.15) is 5.82 Å². The summed E-state index contributed by atoms with van der Waals surface area (Å²) in [6.07, 6.45) is 0.169. The van der Waals surface area contributed by atoms with Crippen molar-refractivity contribution in [3.8, 4) is 6.07 Å². The number of aliphatic carboxylic acids is 1. The van der Waals surface area contributed by atoms with Crippen molar-refractivity contribution < 1.29 is 14.3 Å². The van der Waals surface area contributed by atoms with Crippen LogP contribution in [0.15, 0.2) is 18.2 Å². The highest BCUT2D eigenvalue weighted by Gasteiger charge is 2.37. The summed E-state index contributed by atoms with van der Waals surface area (Å²) in [5.74, 6) is -2.87. The van der Waals surface area contributed by atoms with Crippen LogP contribution in [0.4, 0.5) is 4.39 Å². The molecule has 0 bridgehead atoms. The van der Waals surface area contributed by atoms with Gasteiger partial charge in [0.25, 0.3) is 0 Å². The summed E-state index contributed by atoms with van der Waals surface area (Å²) in [4.78, 5) is 10.9. The van der Waals surface area contributed by atoms with Gasteiger partial charge in [-0.15, -0.1) is 0 Å². The molecule has 2 rings (SSSR count). The number of hydrogen-bond acceptors (Lipinski definition) is 2. The minimum Gasteiger partial charge on any atom is -0.481 e. The number of fused-ring (bicyclic) bond motifs is 1. The van der Waals surface area contributed by atoms with Gasteiger partial charge in [0.2, 0.25) is 0 Å². The maximum atomic E-state index is 13.4. The van der Waals surface area contributed by atoms with Gasteiger partial charge in [-0.1, -0.05) is 12.1 Å². The summed E-state index contributed by atoms with van der Waals surface area (Å²) in [6, 6.07) is 6.25. The van der Waals surface area contributed by atoms with E-state index >= 15 is 0 Å². The summed E-state index contributed by atoms with van der Waals surface area (Å²) in [5, 5.41) is 17.8. The number of nitriles is 1. The average molecular weight is 205 g/mol. The number of rotatable bonds is 1. The monoisotopic (exact) mass is 205 g/mol. The van der Waals surface area contributed by atoms with Crippen molar-refractivity contribution in [2.24, 2.45) is 0 Å². The van der Waals surface area contributed by atoms with Gasteiger partial charge < -0.3 is 5.11 Å². The first-order chi connectivity index (χ1) is 7.15. The van der Waals surface area contributed by atoms with E-state index in [1.54, 1.807) is 6.07 Å². The van der Waals surface area contributed by atoms with Crippen LogP contribution >= 0.6 is 0 Å². The predicted octanol–water partition coefficient (Wildman–Crippen LogP) is 2.00. The molecular weight excluding hydrogens is 197 g/mol. The lowest BCUT2D eigenvalue weighted by Gasteiger charge is -2.04. The van der Waals surface area contributed by atoms with E-state index in [1.807, 2.05) is 6.07 Å². The van der Waals surface area contributed by atoms with Crippen molar-refractivity contribution in [3.05, 3.63) is 35.1 Å². The lowest BCUT2D eigenvalue weighted by atomic mass is 10.0. The Labute approximate surface area is 85.8 Å². The highest BCUT2D eigenvalue weighted by molar-refractivity contribution is 5.78. The fourth-order valence-corrected chi connectivity index (χ4v) is 2.06. The molecule has 0 radical (unpaired) electrons. The normalized spacial score (nSPS) is 23.2. The van der Waals surface area contributed by atoms with Gasteiger partial charge in [-0.25, -0.2) is 4.39 Å². The standard InChI is InChI=1S/C11H8FNO2/c12-9-3-1-2-7-8(11(14)15)4-6(5-13)10(7)9/h1-3,6,8H,4H2,(H,14,15). The largest absolute Gasteiger partial charge is 0.481 e. The molecule has 1 aliphatic carbocycles. The molecule has 1 N–H and O–H groups in total. The molecule has 15 heavy (non-hydrogen) atoms. The van der Waals surface area contributed by atoms with Crippen molar-refractivity contribution in [2.45, 2.75) is 18.3 Å². The molecule has 1 aromatic carbocycles. The minimum absolute atomic E-state index is 0.169. The Morgan fingerprint density at radius 2 is 2.33 bits per heavy atom. The summed E-state index contributed by atoms with van der Waals surface area (Å²) >= 11 is 0. The van der Waals surface area contributed by atoms with Gasteiger partial charge in [-0.05, 0) is 18.1 Å². The van der Waals surface area contributed by atoms with Crippen molar-refractivity contribution in [3.63, 3.8) is 0 Å². The number of carboxylic acid groups (broad SMARTS) is 1. The van der Waals surface area contributed by atoms with Crippen LogP contribution < -0.4 is 0 Å². The van der Waals surface area contributed by atoms with Crippen LogP contribution in [0.1, 0.15) is 29.4 Å². The van der Waals surface area contributed by atoms with Crippen molar-refractivity contribution in [1.82, 2.24) is 0 Å². The van der Waals surface area contributed by atoms with Gasteiger partial charge in [0.05, 0.1) is 17.9 Å². The zero-order valence-corrected chi connectivity index (χ0v) is 7.77. The molecule has 3 nitrogen and oxygen atoms in total. The third kappa shape index (κ3) is 1.37. The highest BCUT2D eigenvalue weighted by Crippen LogP contribution is 2.42. The van der Waals surface area contributed by atoms with Crippen molar-refractivity contribution in [2.75, 3.05) is 0 Å². The van der Waals surface area contributed by atoms with Gasteiger partial charge in [-0.2, -0.15) is 5.26 Å². The first-order valence-corrected chi connectivity index (χ1v) is 4.56. The predicted molar refractivity (Wildman–Crippen MR) is 49.7 cm³/mol. The van der Waals surface area contributed by atoms with E-state index in [4.69, 9.17) is 10.4 Å². The molecule has 0 saturated carbocycles. The number of nitrogens with zero attached hydrogens (tertiary/aromatic N) is 1. The Morgan fingerprint density at radius 1 is 1.60 bits per heavy atom. The fourth-order valence-electron chi connectivity index (χ4n) is 2.06. The van der Waals surface area contributed by atoms with Crippen LogP contribution in [0.3, 0.4) is 0 Å². The Morgan fingerprint density at radius 3 is 2.93 bits per heavy atom.